The van der Waals surface area contributed by atoms with E-state index in [1.807, 2.05) is 44.2 Å². The van der Waals surface area contributed by atoms with E-state index in [9.17, 15) is 5.11 Å². The van der Waals surface area contributed by atoms with Crippen molar-refractivity contribution < 1.29 is 29.2 Å². The molecule has 0 unspecified atom stereocenters. The topological polar surface area (TPSA) is 77.4 Å². The van der Waals surface area contributed by atoms with Gasteiger partial charge >= 0.3 is 0 Å². The van der Waals surface area contributed by atoms with E-state index in [1.54, 1.807) is 0 Å². The standard InChI is InChI=1S/C17H24O6/c1-17(2)22-15-14(20-10-11-6-4-3-5-7-11)13(12(19)8-9-18)21-16(15)23-17/h3-7,12-16,18-19H,8-10H2,1-2H3/t12-,13-,14+,15-,16-/m1/s1. The van der Waals surface area contributed by atoms with E-state index in [4.69, 9.17) is 24.1 Å². The molecule has 0 amide bonds. The first-order valence-corrected chi connectivity index (χ1v) is 7.96. The van der Waals surface area contributed by atoms with Crippen molar-refractivity contribution in [3.05, 3.63) is 35.9 Å². The van der Waals surface area contributed by atoms with Gasteiger partial charge in [-0.2, -0.15) is 0 Å². The molecule has 2 aliphatic heterocycles. The second kappa shape index (κ2) is 6.84. The summed E-state index contributed by atoms with van der Waals surface area (Å²) in [6.45, 7) is 3.92. The molecule has 0 spiro atoms. The Labute approximate surface area is 135 Å². The molecular weight excluding hydrogens is 300 g/mol. The van der Waals surface area contributed by atoms with Gasteiger partial charge in [-0.3, -0.25) is 0 Å². The lowest BCUT2D eigenvalue weighted by Crippen LogP contribution is -2.43. The smallest absolute Gasteiger partial charge is 0.190 e. The molecule has 2 heterocycles. The van der Waals surface area contributed by atoms with Crippen LogP contribution in [0.5, 0.6) is 0 Å². The molecule has 0 aliphatic carbocycles. The molecule has 0 radical (unpaired) electrons. The van der Waals surface area contributed by atoms with Crippen molar-refractivity contribution >= 4 is 0 Å². The number of rotatable bonds is 6. The summed E-state index contributed by atoms with van der Waals surface area (Å²) in [6.07, 6.45) is -2.61. The normalized spacial score (nSPS) is 33.6. The van der Waals surface area contributed by atoms with Crippen LogP contribution >= 0.6 is 0 Å². The van der Waals surface area contributed by atoms with E-state index >= 15 is 0 Å². The number of aliphatic hydroxyl groups excluding tert-OH is 2. The fourth-order valence-corrected chi connectivity index (χ4v) is 3.07. The summed E-state index contributed by atoms with van der Waals surface area (Å²) in [6, 6.07) is 9.79. The highest BCUT2D eigenvalue weighted by Crippen LogP contribution is 2.40. The zero-order valence-electron chi connectivity index (χ0n) is 13.4. The summed E-state index contributed by atoms with van der Waals surface area (Å²) in [5.74, 6) is -0.739. The van der Waals surface area contributed by atoms with Gasteiger partial charge in [-0.05, 0) is 25.8 Å². The molecule has 1 aromatic carbocycles. The molecule has 2 saturated heterocycles. The summed E-state index contributed by atoms with van der Waals surface area (Å²) in [5.41, 5.74) is 1.03. The average molecular weight is 324 g/mol. The Morgan fingerprint density at radius 1 is 1.22 bits per heavy atom. The Morgan fingerprint density at radius 3 is 2.65 bits per heavy atom. The summed E-state index contributed by atoms with van der Waals surface area (Å²) in [4.78, 5) is 0. The summed E-state index contributed by atoms with van der Waals surface area (Å²) >= 11 is 0. The number of benzene rings is 1. The van der Waals surface area contributed by atoms with Crippen molar-refractivity contribution in [2.75, 3.05) is 6.61 Å². The van der Waals surface area contributed by atoms with Gasteiger partial charge in [0.25, 0.3) is 0 Å². The van der Waals surface area contributed by atoms with Crippen LogP contribution in [0.1, 0.15) is 25.8 Å². The molecule has 2 N–H and O–H groups in total. The highest BCUT2D eigenvalue weighted by Gasteiger charge is 2.56. The number of aliphatic hydroxyl groups is 2. The van der Waals surface area contributed by atoms with Crippen molar-refractivity contribution in [2.24, 2.45) is 0 Å². The third kappa shape index (κ3) is 3.74. The first-order valence-electron chi connectivity index (χ1n) is 7.96. The van der Waals surface area contributed by atoms with Crippen LogP contribution in [0.3, 0.4) is 0 Å². The van der Waals surface area contributed by atoms with Crippen molar-refractivity contribution in [3.8, 4) is 0 Å². The second-order valence-electron chi connectivity index (χ2n) is 6.41. The van der Waals surface area contributed by atoms with E-state index in [-0.39, 0.29) is 13.0 Å². The SMILES string of the molecule is CC1(C)O[C@H]2O[C@H]([C@H](O)CCO)[C@H](OCc3ccccc3)[C@H]2O1. The minimum Gasteiger partial charge on any atom is -0.396 e. The number of hydrogen-bond acceptors (Lipinski definition) is 6. The van der Waals surface area contributed by atoms with Gasteiger partial charge < -0.3 is 29.2 Å². The van der Waals surface area contributed by atoms with E-state index in [1.165, 1.54) is 0 Å². The molecular formula is C17H24O6. The highest BCUT2D eigenvalue weighted by atomic mass is 16.8. The predicted molar refractivity (Wildman–Crippen MR) is 81.4 cm³/mol. The molecule has 5 atom stereocenters. The molecule has 128 valence electrons. The van der Waals surface area contributed by atoms with Crippen LogP contribution in [0.2, 0.25) is 0 Å². The van der Waals surface area contributed by atoms with Crippen molar-refractivity contribution in [2.45, 2.75) is 63.4 Å². The van der Waals surface area contributed by atoms with Crippen molar-refractivity contribution in [1.82, 2.24) is 0 Å². The molecule has 6 nitrogen and oxygen atoms in total. The predicted octanol–water partition coefficient (Wildman–Crippen LogP) is 1.19. The van der Waals surface area contributed by atoms with Gasteiger partial charge in [0, 0.05) is 6.61 Å². The Bertz CT molecular complexity index is 505. The molecule has 2 fully saturated rings. The molecule has 0 bridgehead atoms. The molecule has 2 aliphatic rings. The van der Waals surface area contributed by atoms with E-state index < -0.39 is 36.5 Å². The van der Waals surface area contributed by atoms with Crippen LogP contribution in [0.25, 0.3) is 0 Å². The Kier molecular flexibility index (Phi) is 5.01. The monoisotopic (exact) mass is 324 g/mol. The van der Waals surface area contributed by atoms with Crippen LogP contribution in [0.4, 0.5) is 0 Å². The maximum absolute atomic E-state index is 10.2. The molecule has 6 heteroatoms. The summed E-state index contributed by atoms with van der Waals surface area (Å²) < 4.78 is 23.4. The van der Waals surface area contributed by atoms with Crippen LogP contribution in [0, 0.1) is 0 Å². The van der Waals surface area contributed by atoms with Gasteiger partial charge in [-0.25, -0.2) is 0 Å². The number of ether oxygens (including phenoxy) is 4. The third-order valence-electron chi connectivity index (χ3n) is 4.12. The zero-order valence-corrected chi connectivity index (χ0v) is 13.4. The second-order valence-corrected chi connectivity index (χ2v) is 6.41. The Hall–Kier alpha value is -1.02. The average Bonchev–Trinajstić information content (AvgIpc) is 2.98. The number of hydrogen-bond donors (Lipinski definition) is 2. The third-order valence-corrected chi connectivity index (χ3v) is 4.12. The fourth-order valence-electron chi connectivity index (χ4n) is 3.07. The largest absolute Gasteiger partial charge is 0.396 e. The first kappa shape index (κ1) is 16.8. The molecule has 23 heavy (non-hydrogen) atoms. The lowest BCUT2D eigenvalue weighted by molar-refractivity contribution is -0.231. The first-order chi connectivity index (χ1) is 11.0. The van der Waals surface area contributed by atoms with Gasteiger partial charge in [-0.1, -0.05) is 30.3 Å². The Balaban J connectivity index is 1.71. The minimum atomic E-state index is -0.832. The van der Waals surface area contributed by atoms with E-state index in [2.05, 4.69) is 0 Å². The highest BCUT2D eigenvalue weighted by molar-refractivity contribution is 5.13. The zero-order chi connectivity index (χ0) is 16.4. The molecule has 0 aromatic heterocycles. The summed E-state index contributed by atoms with van der Waals surface area (Å²) in [7, 11) is 0. The van der Waals surface area contributed by atoms with E-state index in [0.717, 1.165) is 5.56 Å². The van der Waals surface area contributed by atoms with Crippen LogP contribution in [-0.4, -0.2) is 53.3 Å². The van der Waals surface area contributed by atoms with Gasteiger partial charge in [0.15, 0.2) is 12.1 Å². The summed E-state index contributed by atoms with van der Waals surface area (Å²) in [5, 5.41) is 19.3. The van der Waals surface area contributed by atoms with Crippen LogP contribution < -0.4 is 0 Å². The van der Waals surface area contributed by atoms with E-state index in [0.29, 0.717) is 6.61 Å². The Morgan fingerprint density at radius 2 is 1.96 bits per heavy atom. The maximum Gasteiger partial charge on any atom is 0.190 e. The maximum atomic E-state index is 10.2. The van der Waals surface area contributed by atoms with Crippen LogP contribution in [0.15, 0.2) is 30.3 Å². The van der Waals surface area contributed by atoms with Gasteiger partial charge in [0.2, 0.25) is 0 Å². The molecule has 0 saturated carbocycles. The minimum absolute atomic E-state index is 0.116. The van der Waals surface area contributed by atoms with Crippen LogP contribution in [-0.2, 0) is 25.6 Å². The fraction of sp³-hybridized carbons (Fsp3) is 0.647. The molecule has 3 rings (SSSR count). The molecule has 1 aromatic rings. The van der Waals surface area contributed by atoms with Gasteiger partial charge in [0.05, 0.1) is 12.7 Å². The quantitative estimate of drug-likeness (QED) is 0.818. The lowest BCUT2D eigenvalue weighted by Gasteiger charge is -2.28. The lowest BCUT2D eigenvalue weighted by atomic mass is 10.0. The van der Waals surface area contributed by atoms with Gasteiger partial charge in [-0.15, -0.1) is 0 Å². The van der Waals surface area contributed by atoms with Crippen molar-refractivity contribution in [1.29, 1.82) is 0 Å². The number of fused-ring (bicyclic) bond motifs is 1. The van der Waals surface area contributed by atoms with Gasteiger partial charge in [0.1, 0.15) is 18.3 Å². The van der Waals surface area contributed by atoms with Crippen molar-refractivity contribution in [3.63, 3.8) is 0 Å².